The van der Waals surface area contributed by atoms with Crippen LogP contribution in [0.4, 0.5) is 5.82 Å². The number of benzene rings is 2. The van der Waals surface area contributed by atoms with Crippen LogP contribution in [0.3, 0.4) is 0 Å². The average molecular weight is 598 g/mol. The molecule has 0 aliphatic carbocycles. The standard InChI is InChI=1S/C33H35N5O4S/c1-2-26-20-31(38-17-15-37(16-18-38)14-6-9-24-7-4-3-5-8-24)36-33(35-26)43-22-27-11-13-29(42-27)32(39)34-21-25-10-12-28-30(19-25)41-23-40-28/h3-13,19-20H,2,14-18,21-23H2,1H3,(H,34,39)/b9-6+. The molecule has 0 bridgehead atoms. The van der Waals surface area contributed by atoms with Gasteiger partial charge in [-0.2, -0.15) is 0 Å². The van der Waals surface area contributed by atoms with Crippen LogP contribution in [0, 0.1) is 0 Å². The predicted molar refractivity (Wildman–Crippen MR) is 168 cm³/mol. The number of amides is 1. The van der Waals surface area contributed by atoms with E-state index < -0.39 is 0 Å². The van der Waals surface area contributed by atoms with Crippen molar-refractivity contribution < 1.29 is 18.7 Å². The molecule has 0 radical (unpaired) electrons. The Bertz CT molecular complexity index is 1570. The number of piperazine rings is 1. The number of rotatable bonds is 11. The minimum atomic E-state index is -0.268. The van der Waals surface area contributed by atoms with Gasteiger partial charge in [0.2, 0.25) is 6.79 Å². The smallest absolute Gasteiger partial charge is 0.287 e. The quantitative estimate of drug-likeness (QED) is 0.180. The highest BCUT2D eigenvalue weighted by atomic mass is 32.2. The summed E-state index contributed by atoms with van der Waals surface area (Å²) in [5.41, 5.74) is 3.17. The van der Waals surface area contributed by atoms with Gasteiger partial charge in [0.05, 0.1) is 5.75 Å². The first-order valence-electron chi connectivity index (χ1n) is 14.6. The van der Waals surface area contributed by atoms with Crippen LogP contribution in [-0.2, 0) is 18.7 Å². The largest absolute Gasteiger partial charge is 0.455 e. The highest BCUT2D eigenvalue weighted by Gasteiger charge is 2.19. The fourth-order valence-corrected chi connectivity index (χ4v) is 5.73. The lowest BCUT2D eigenvalue weighted by molar-refractivity contribution is 0.0921. The molecule has 43 heavy (non-hydrogen) atoms. The number of fused-ring (bicyclic) bond motifs is 1. The number of nitrogens with one attached hydrogen (secondary N) is 1. The monoisotopic (exact) mass is 597 g/mol. The van der Waals surface area contributed by atoms with Gasteiger partial charge in [-0.1, -0.05) is 67.2 Å². The molecule has 1 amide bonds. The van der Waals surface area contributed by atoms with Crippen molar-refractivity contribution in [2.45, 2.75) is 30.8 Å². The molecule has 1 saturated heterocycles. The van der Waals surface area contributed by atoms with E-state index in [0.29, 0.717) is 34.7 Å². The van der Waals surface area contributed by atoms with E-state index in [1.807, 2.05) is 30.3 Å². The second-order valence-electron chi connectivity index (χ2n) is 10.4. The molecular formula is C33H35N5O4S. The summed E-state index contributed by atoms with van der Waals surface area (Å²) in [4.78, 5) is 27.1. The number of aryl methyl sites for hydroxylation is 1. The van der Waals surface area contributed by atoms with E-state index in [4.69, 9.17) is 23.9 Å². The maximum absolute atomic E-state index is 12.7. The molecule has 0 atom stereocenters. The lowest BCUT2D eigenvalue weighted by atomic mass is 10.2. The maximum Gasteiger partial charge on any atom is 0.287 e. The summed E-state index contributed by atoms with van der Waals surface area (Å²) in [6.07, 6.45) is 5.26. The van der Waals surface area contributed by atoms with Gasteiger partial charge in [0.25, 0.3) is 5.91 Å². The Morgan fingerprint density at radius 3 is 2.65 bits per heavy atom. The fraction of sp³-hybridized carbons (Fsp3) is 0.303. The number of anilines is 1. The predicted octanol–water partition coefficient (Wildman–Crippen LogP) is 5.42. The van der Waals surface area contributed by atoms with Crippen molar-refractivity contribution in [1.82, 2.24) is 20.2 Å². The van der Waals surface area contributed by atoms with Crippen LogP contribution in [0.5, 0.6) is 11.5 Å². The molecule has 1 N–H and O–H groups in total. The number of thioether (sulfide) groups is 1. The average Bonchev–Trinajstić information content (AvgIpc) is 3.73. The minimum Gasteiger partial charge on any atom is -0.455 e. The van der Waals surface area contributed by atoms with Gasteiger partial charge in [0.15, 0.2) is 22.4 Å². The molecule has 4 aromatic rings. The summed E-state index contributed by atoms with van der Waals surface area (Å²) in [7, 11) is 0. The van der Waals surface area contributed by atoms with Gasteiger partial charge in [-0.05, 0) is 41.8 Å². The molecule has 2 aromatic heterocycles. The molecule has 0 unspecified atom stereocenters. The summed E-state index contributed by atoms with van der Waals surface area (Å²) in [6, 6.07) is 21.7. The molecule has 2 aliphatic rings. The highest BCUT2D eigenvalue weighted by Crippen LogP contribution is 2.32. The highest BCUT2D eigenvalue weighted by molar-refractivity contribution is 7.98. The molecule has 2 aliphatic heterocycles. The van der Waals surface area contributed by atoms with Gasteiger partial charge >= 0.3 is 0 Å². The Morgan fingerprint density at radius 1 is 0.977 bits per heavy atom. The summed E-state index contributed by atoms with van der Waals surface area (Å²) in [5, 5.41) is 3.62. The lowest BCUT2D eigenvalue weighted by Crippen LogP contribution is -2.46. The van der Waals surface area contributed by atoms with Crippen LogP contribution in [-0.4, -0.2) is 60.3 Å². The zero-order valence-corrected chi connectivity index (χ0v) is 25.0. The third-order valence-electron chi connectivity index (χ3n) is 7.40. The van der Waals surface area contributed by atoms with Gasteiger partial charge < -0.3 is 24.1 Å². The van der Waals surface area contributed by atoms with E-state index in [1.54, 1.807) is 6.07 Å². The molecule has 222 valence electrons. The number of furan rings is 1. The van der Waals surface area contributed by atoms with Crippen molar-refractivity contribution in [2.75, 3.05) is 44.4 Å². The number of nitrogens with zero attached hydrogens (tertiary/aromatic N) is 4. The zero-order valence-electron chi connectivity index (χ0n) is 24.2. The van der Waals surface area contributed by atoms with Crippen LogP contribution in [0.15, 0.2) is 82.4 Å². The van der Waals surface area contributed by atoms with Gasteiger partial charge in [0, 0.05) is 51.0 Å². The summed E-state index contributed by atoms with van der Waals surface area (Å²) >= 11 is 1.52. The second kappa shape index (κ2) is 13.8. The number of carbonyl (C=O) groups excluding carboxylic acids is 1. The Labute approximate surface area is 255 Å². The van der Waals surface area contributed by atoms with Gasteiger partial charge in [-0.3, -0.25) is 9.69 Å². The normalized spacial score (nSPS) is 14.9. The molecule has 4 heterocycles. The number of aromatic nitrogens is 2. The number of carbonyl (C=O) groups is 1. The first-order valence-corrected chi connectivity index (χ1v) is 15.6. The van der Waals surface area contributed by atoms with Gasteiger partial charge in [-0.25, -0.2) is 9.97 Å². The van der Waals surface area contributed by atoms with Crippen LogP contribution in [0.1, 0.15) is 40.1 Å². The Kier molecular flexibility index (Phi) is 9.25. The summed E-state index contributed by atoms with van der Waals surface area (Å²) < 4.78 is 16.6. The van der Waals surface area contributed by atoms with Crippen molar-refractivity contribution in [3.8, 4) is 11.5 Å². The molecule has 10 heteroatoms. The molecule has 6 rings (SSSR count). The molecule has 0 spiro atoms. The van der Waals surface area contributed by atoms with Crippen molar-refractivity contribution in [3.63, 3.8) is 0 Å². The SMILES string of the molecule is CCc1cc(N2CCN(C/C=C/c3ccccc3)CC2)nc(SCc2ccc(C(=O)NCc3ccc4c(c3)OCO4)o2)n1. The van der Waals surface area contributed by atoms with Crippen LogP contribution < -0.4 is 19.7 Å². The molecule has 0 saturated carbocycles. The Morgan fingerprint density at radius 2 is 1.81 bits per heavy atom. The van der Waals surface area contributed by atoms with E-state index in [9.17, 15) is 4.79 Å². The summed E-state index contributed by atoms with van der Waals surface area (Å²) in [5.74, 6) is 3.61. The Balaban J connectivity index is 0.998. The number of hydrogen-bond donors (Lipinski definition) is 1. The van der Waals surface area contributed by atoms with E-state index >= 15 is 0 Å². The fourth-order valence-electron chi connectivity index (χ4n) is 4.96. The van der Waals surface area contributed by atoms with Crippen molar-refractivity contribution in [2.24, 2.45) is 0 Å². The molecule has 2 aromatic carbocycles. The van der Waals surface area contributed by atoms with Crippen molar-refractivity contribution in [1.29, 1.82) is 0 Å². The van der Waals surface area contributed by atoms with Crippen molar-refractivity contribution in [3.05, 3.63) is 101 Å². The second-order valence-corrected chi connectivity index (χ2v) is 11.3. The van der Waals surface area contributed by atoms with Crippen LogP contribution in [0.25, 0.3) is 6.08 Å². The van der Waals surface area contributed by atoms with Gasteiger partial charge in [0.1, 0.15) is 11.6 Å². The van der Waals surface area contributed by atoms with Crippen LogP contribution in [0.2, 0.25) is 0 Å². The molecule has 9 nitrogen and oxygen atoms in total. The zero-order chi connectivity index (χ0) is 29.4. The Hall–Kier alpha value is -4.28. The maximum atomic E-state index is 12.7. The third-order valence-corrected chi connectivity index (χ3v) is 8.27. The first kappa shape index (κ1) is 28.8. The van der Waals surface area contributed by atoms with Crippen LogP contribution >= 0.6 is 11.8 Å². The molecule has 1 fully saturated rings. The van der Waals surface area contributed by atoms with E-state index in [1.165, 1.54) is 17.3 Å². The first-order chi connectivity index (χ1) is 21.1. The van der Waals surface area contributed by atoms with E-state index in [0.717, 1.165) is 56.2 Å². The number of hydrogen-bond acceptors (Lipinski definition) is 9. The molecular weight excluding hydrogens is 562 g/mol. The van der Waals surface area contributed by atoms with E-state index in [-0.39, 0.29) is 18.5 Å². The topological polar surface area (TPSA) is 93.0 Å². The minimum absolute atomic E-state index is 0.221. The van der Waals surface area contributed by atoms with Crippen molar-refractivity contribution >= 4 is 29.6 Å². The lowest BCUT2D eigenvalue weighted by Gasteiger charge is -2.35. The summed E-state index contributed by atoms with van der Waals surface area (Å²) in [6.45, 7) is 7.45. The number of ether oxygens (including phenoxy) is 2. The van der Waals surface area contributed by atoms with Gasteiger partial charge in [-0.15, -0.1) is 0 Å². The third kappa shape index (κ3) is 7.57. The van der Waals surface area contributed by atoms with E-state index in [2.05, 4.69) is 64.5 Å².